The summed E-state index contributed by atoms with van der Waals surface area (Å²) in [7, 11) is 0. The van der Waals surface area contributed by atoms with Crippen LogP contribution in [0.4, 0.5) is 0 Å². The lowest BCUT2D eigenvalue weighted by molar-refractivity contribution is 0.293. The highest BCUT2D eigenvalue weighted by molar-refractivity contribution is 5.67. The van der Waals surface area contributed by atoms with Gasteiger partial charge >= 0.3 is 0 Å². The second-order valence-corrected chi connectivity index (χ2v) is 6.81. The first kappa shape index (κ1) is 19.8. The molecule has 5 nitrogen and oxygen atoms in total. The van der Waals surface area contributed by atoms with Gasteiger partial charge in [-0.2, -0.15) is 0 Å². The summed E-state index contributed by atoms with van der Waals surface area (Å²) in [5.74, 6) is 0.828. The van der Waals surface area contributed by atoms with Gasteiger partial charge in [-0.25, -0.2) is 4.98 Å². The van der Waals surface area contributed by atoms with Gasteiger partial charge in [-0.1, -0.05) is 51.2 Å². The number of aromatic nitrogens is 3. The van der Waals surface area contributed by atoms with Crippen LogP contribution in [0.25, 0.3) is 22.5 Å². The minimum Gasteiger partial charge on any atom is -0.507 e. The van der Waals surface area contributed by atoms with Crippen LogP contribution in [-0.4, -0.2) is 26.7 Å². The van der Waals surface area contributed by atoms with Crippen LogP contribution in [0.1, 0.15) is 45.4 Å². The van der Waals surface area contributed by atoms with Crippen molar-refractivity contribution in [3.05, 3.63) is 55.0 Å². The molecule has 1 N–H and O–H groups in total. The Balaban J connectivity index is 1.53. The molecule has 0 unspecified atom stereocenters. The highest BCUT2D eigenvalue weighted by Crippen LogP contribution is 2.27. The summed E-state index contributed by atoms with van der Waals surface area (Å²) in [4.78, 5) is 13.2. The third-order valence-electron chi connectivity index (χ3n) is 4.61. The first-order valence-corrected chi connectivity index (χ1v) is 9.97. The Morgan fingerprint density at radius 1 is 0.786 bits per heavy atom. The number of pyridine rings is 1. The second-order valence-electron chi connectivity index (χ2n) is 6.81. The molecule has 3 aromatic rings. The van der Waals surface area contributed by atoms with E-state index in [9.17, 15) is 5.11 Å². The molecular weight excluding hydrogens is 350 g/mol. The lowest BCUT2D eigenvalue weighted by Gasteiger charge is -2.07. The van der Waals surface area contributed by atoms with E-state index in [0.717, 1.165) is 17.7 Å². The largest absolute Gasteiger partial charge is 0.507 e. The minimum atomic E-state index is 0.193. The molecule has 0 spiro atoms. The van der Waals surface area contributed by atoms with Crippen LogP contribution in [0.2, 0.25) is 0 Å². The highest BCUT2D eigenvalue weighted by atomic mass is 16.5. The van der Waals surface area contributed by atoms with Crippen molar-refractivity contribution in [3.63, 3.8) is 0 Å². The summed E-state index contributed by atoms with van der Waals surface area (Å²) in [6, 6.07) is 10.9. The smallest absolute Gasteiger partial charge is 0.213 e. The highest BCUT2D eigenvalue weighted by Gasteiger charge is 2.07. The van der Waals surface area contributed by atoms with Crippen molar-refractivity contribution in [2.75, 3.05) is 6.61 Å². The lowest BCUT2D eigenvalue weighted by atomic mass is 10.1. The molecule has 0 fully saturated rings. The molecule has 0 atom stereocenters. The molecule has 0 radical (unpaired) electrons. The zero-order chi connectivity index (χ0) is 19.6. The molecule has 5 heteroatoms. The minimum absolute atomic E-state index is 0.193. The molecule has 0 bridgehead atoms. The van der Waals surface area contributed by atoms with E-state index in [0.29, 0.717) is 23.7 Å². The predicted octanol–water partition coefficient (Wildman–Crippen LogP) is 5.65. The summed E-state index contributed by atoms with van der Waals surface area (Å²) in [5, 5.41) is 9.93. The number of hydrogen-bond donors (Lipinski definition) is 1. The fourth-order valence-corrected chi connectivity index (χ4v) is 2.98. The number of unbranched alkanes of at least 4 members (excludes halogenated alkanes) is 5. The number of nitrogens with zero attached hydrogens (tertiary/aromatic N) is 3. The summed E-state index contributed by atoms with van der Waals surface area (Å²) in [5.41, 5.74) is 2.91. The maximum atomic E-state index is 9.93. The van der Waals surface area contributed by atoms with Crippen molar-refractivity contribution >= 4 is 0 Å². The van der Waals surface area contributed by atoms with Crippen molar-refractivity contribution in [1.82, 2.24) is 15.0 Å². The van der Waals surface area contributed by atoms with Gasteiger partial charge < -0.3 is 9.84 Å². The SMILES string of the molecule is CCCCCCCCOc1ccc(-c2cnc(-c3ccccc3O)cn2)cn1. The Kier molecular flexibility index (Phi) is 7.36. The van der Waals surface area contributed by atoms with E-state index in [2.05, 4.69) is 21.9 Å². The van der Waals surface area contributed by atoms with Crippen molar-refractivity contribution in [3.8, 4) is 34.1 Å². The number of phenolic OH excluding ortho intramolecular Hbond substituents is 1. The third kappa shape index (κ3) is 5.52. The number of ether oxygens (including phenoxy) is 1. The van der Waals surface area contributed by atoms with E-state index >= 15 is 0 Å². The molecule has 3 rings (SSSR count). The number of aromatic hydroxyl groups is 1. The van der Waals surface area contributed by atoms with Crippen LogP contribution in [0.5, 0.6) is 11.6 Å². The summed E-state index contributed by atoms with van der Waals surface area (Å²) >= 11 is 0. The van der Waals surface area contributed by atoms with Crippen LogP contribution in [0, 0.1) is 0 Å². The van der Waals surface area contributed by atoms with Crippen molar-refractivity contribution in [2.24, 2.45) is 0 Å². The Hall–Kier alpha value is -2.95. The van der Waals surface area contributed by atoms with Gasteiger partial charge in [0.15, 0.2) is 0 Å². The Morgan fingerprint density at radius 3 is 2.25 bits per heavy atom. The third-order valence-corrected chi connectivity index (χ3v) is 4.61. The molecule has 0 aliphatic carbocycles. The molecule has 146 valence electrons. The van der Waals surface area contributed by atoms with E-state index < -0.39 is 0 Å². The zero-order valence-corrected chi connectivity index (χ0v) is 16.3. The second kappa shape index (κ2) is 10.4. The van der Waals surface area contributed by atoms with Gasteiger partial charge in [0.25, 0.3) is 0 Å². The number of para-hydroxylation sites is 1. The van der Waals surface area contributed by atoms with Crippen LogP contribution in [0.3, 0.4) is 0 Å². The molecule has 2 aromatic heterocycles. The topological polar surface area (TPSA) is 68.1 Å². The van der Waals surface area contributed by atoms with Crippen molar-refractivity contribution < 1.29 is 9.84 Å². The molecule has 0 aliphatic rings. The van der Waals surface area contributed by atoms with E-state index in [1.807, 2.05) is 24.3 Å². The molecule has 0 amide bonds. The predicted molar refractivity (Wildman–Crippen MR) is 111 cm³/mol. The van der Waals surface area contributed by atoms with Gasteiger partial charge in [0.05, 0.1) is 30.4 Å². The van der Waals surface area contributed by atoms with Crippen LogP contribution in [0.15, 0.2) is 55.0 Å². The first-order valence-electron chi connectivity index (χ1n) is 9.97. The standard InChI is InChI=1S/C23H27N3O2/c1-2-3-4-5-6-9-14-28-23-13-12-18(15-26-23)20-16-25-21(17-24-20)19-10-7-8-11-22(19)27/h7-8,10-13,15-17,27H,2-6,9,14H2,1H3. The normalized spacial score (nSPS) is 10.8. The fourth-order valence-electron chi connectivity index (χ4n) is 2.98. The summed E-state index contributed by atoms with van der Waals surface area (Å²) in [6.45, 7) is 2.93. The first-order chi connectivity index (χ1) is 13.8. The Bertz CT molecular complexity index is 848. The van der Waals surface area contributed by atoms with E-state index in [1.165, 1.54) is 32.1 Å². The average molecular weight is 377 g/mol. The number of phenols is 1. The van der Waals surface area contributed by atoms with Gasteiger partial charge in [0, 0.05) is 23.4 Å². The number of benzene rings is 1. The van der Waals surface area contributed by atoms with Crippen LogP contribution < -0.4 is 4.74 Å². The maximum absolute atomic E-state index is 9.93. The monoisotopic (exact) mass is 377 g/mol. The lowest BCUT2D eigenvalue weighted by Crippen LogP contribution is -1.99. The Labute approximate surface area is 166 Å². The molecule has 0 saturated carbocycles. The maximum Gasteiger partial charge on any atom is 0.213 e. The Morgan fingerprint density at radius 2 is 1.54 bits per heavy atom. The summed E-state index contributed by atoms with van der Waals surface area (Å²) < 4.78 is 5.72. The van der Waals surface area contributed by atoms with Crippen LogP contribution >= 0.6 is 0 Å². The molecule has 1 aromatic carbocycles. The summed E-state index contributed by atoms with van der Waals surface area (Å²) in [6.07, 6.45) is 12.5. The molecule has 2 heterocycles. The van der Waals surface area contributed by atoms with E-state index in [4.69, 9.17) is 4.74 Å². The molecule has 0 aliphatic heterocycles. The van der Waals surface area contributed by atoms with E-state index in [-0.39, 0.29) is 5.75 Å². The van der Waals surface area contributed by atoms with Crippen molar-refractivity contribution in [1.29, 1.82) is 0 Å². The van der Waals surface area contributed by atoms with Gasteiger partial charge in [0.1, 0.15) is 5.75 Å². The fraction of sp³-hybridized carbons (Fsp3) is 0.348. The van der Waals surface area contributed by atoms with Gasteiger partial charge in [-0.05, 0) is 24.6 Å². The van der Waals surface area contributed by atoms with E-state index in [1.54, 1.807) is 30.7 Å². The average Bonchev–Trinajstić information content (AvgIpc) is 2.74. The molecular formula is C23H27N3O2. The molecule has 28 heavy (non-hydrogen) atoms. The van der Waals surface area contributed by atoms with Gasteiger partial charge in [0.2, 0.25) is 5.88 Å². The van der Waals surface area contributed by atoms with Gasteiger partial charge in [-0.15, -0.1) is 0 Å². The van der Waals surface area contributed by atoms with Crippen LogP contribution in [-0.2, 0) is 0 Å². The quantitative estimate of drug-likeness (QED) is 0.462. The zero-order valence-electron chi connectivity index (χ0n) is 16.3. The number of rotatable bonds is 10. The van der Waals surface area contributed by atoms with Gasteiger partial charge in [-0.3, -0.25) is 9.97 Å². The molecule has 0 saturated heterocycles. The number of hydrogen-bond acceptors (Lipinski definition) is 5. The van der Waals surface area contributed by atoms with Crippen molar-refractivity contribution in [2.45, 2.75) is 45.4 Å².